The minimum Gasteiger partial charge on any atom is -0.328 e. The first-order valence-corrected chi connectivity index (χ1v) is 6.71. The fourth-order valence-corrected chi connectivity index (χ4v) is 3.89. The highest BCUT2D eigenvalue weighted by Crippen LogP contribution is 2.38. The van der Waals surface area contributed by atoms with Crippen molar-refractivity contribution in [2.75, 3.05) is 6.54 Å². The van der Waals surface area contributed by atoms with E-state index in [2.05, 4.69) is 23.3 Å². The second-order valence-corrected chi connectivity index (χ2v) is 5.85. The van der Waals surface area contributed by atoms with Crippen LogP contribution < -0.4 is 5.73 Å². The van der Waals surface area contributed by atoms with Crippen LogP contribution in [0.2, 0.25) is 0 Å². The average Bonchev–Trinajstić information content (AvgIpc) is 2.63. The van der Waals surface area contributed by atoms with Crippen LogP contribution in [0.3, 0.4) is 0 Å². The molecule has 2 heterocycles. The van der Waals surface area contributed by atoms with Gasteiger partial charge in [-0.15, -0.1) is 11.3 Å². The van der Waals surface area contributed by atoms with E-state index in [1.165, 1.54) is 25.8 Å². The SMILES string of the molecule is CC1c2ccsc2CCN1C1CC(N)C1. The maximum Gasteiger partial charge on any atom is 0.0333 e. The Bertz CT molecular complexity index is 354. The van der Waals surface area contributed by atoms with Crippen molar-refractivity contribution in [3.63, 3.8) is 0 Å². The summed E-state index contributed by atoms with van der Waals surface area (Å²) in [7, 11) is 0. The molecule has 1 saturated carbocycles. The van der Waals surface area contributed by atoms with E-state index < -0.39 is 0 Å². The standard InChI is InChI=1S/C12H18N2S/c1-8-11-3-5-15-12(11)2-4-14(8)10-6-9(13)7-10/h3,5,8-10H,2,4,6-7,13H2,1H3. The quantitative estimate of drug-likeness (QED) is 0.789. The normalized spacial score (nSPS) is 36.0. The Morgan fingerprint density at radius 2 is 2.27 bits per heavy atom. The number of rotatable bonds is 1. The molecule has 2 nitrogen and oxygen atoms in total. The van der Waals surface area contributed by atoms with Crippen molar-refractivity contribution in [1.29, 1.82) is 0 Å². The maximum absolute atomic E-state index is 5.87. The zero-order chi connectivity index (χ0) is 10.4. The van der Waals surface area contributed by atoms with Crippen LogP contribution in [0.25, 0.3) is 0 Å². The molecule has 1 aliphatic carbocycles. The fourth-order valence-electron chi connectivity index (χ4n) is 2.93. The predicted octanol–water partition coefficient (Wildman–Crippen LogP) is 2.16. The molecule has 0 spiro atoms. The van der Waals surface area contributed by atoms with Crippen molar-refractivity contribution in [2.45, 2.75) is 44.3 Å². The van der Waals surface area contributed by atoms with Crippen LogP contribution in [0.1, 0.15) is 36.2 Å². The summed E-state index contributed by atoms with van der Waals surface area (Å²) in [5, 5.41) is 2.23. The molecule has 82 valence electrons. The topological polar surface area (TPSA) is 29.3 Å². The monoisotopic (exact) mass is 222 g/mol. The van der Waals surface area contributed by atoms with Gasteiger partial charge in [-0.05, 0) is 43.2 Å². The number of nitrogens with zero attached hydrogens (tertiary/aromatic N) is 1. The van der Waals surface area contributed by atoms with Gasteiger partial charge in [0.1, 0.15) is 0 Å². The molecule has 3 heteroatoms. The molecule has 0 amide bonds. The Balaban J connectivity index is 1.78. The van der Waals surface area contributed by atoms with E-state index in [4.69, 9.17) is 5.73 Å². The molecule has 15 heavy (non-hydrogen) atoms. The largest absolute Gasteiger partial charge is 0.328 e. The van der Waals surface area contributed by atoms with Gasteiger partial charge in [0.15, 0.2) is 0 Å². The van der Waals surface area contributed by atoms with E-state index in [1.807, 2.05) is 11.3 Å². The van der Waals surface area contributed by atoms with Crippen LogP contribution in [-0.2, 0) is 6.42 Å². The summed E-state index contributed by atoms with van der Waals surface area (Å²) in [6.45, 7) is 3.57. The lowest BCUT2D eigenvalue weighted by atomic mass is 9.84. The van der Waals surface area contributed by atoms with E-state index in [0.717, 1.165) is 6.04 Å². The first kappa shape index (κ1) is 9.82. The summed E-state index contributed by atoms with van der Waals surface area (Å²) >= 11 is 1.92. The Hall–Kier alpha value is -0.380. The zero-order valence-electron chi connectivity index (χ0n) is 9.15. The smallest absolute Gasteiger partial charge is 0.0333 e. The van der Waals surface area contributed by atoms with Gasteiger partial charge in [0.05, 0.1) is 0 Å². The lowest BCUT2D eigenvalue weighted by Gasteiger charge is -2.46. The summed E-state index contributed by atoms with van der Waals surface area (Å²) in [6, 6.07) is 4.13. The van der Waals surface area contributed by atoms with Gasteiger partial charge in [-0.25, -0.2) is 0 Å². The van der Waals surface area contributed by atoms with Crippen molar-refractivity contribution >= 4 is 11.3 Å². The van der Waals surface area contributed by atoms with Gasteiger partial charge in [0.25, 0.3) is 0 Å². The Morgan fingerprint density at radius 1 is 1.47 bits per heavy atom. The third kappa shape index (κ3) is 1.53. The van der Waals surface area contributed by atoms with Crippen molar-refractivity contribution in [3.05, 3.63) is 21.9 Å². The molecule has 0 aromatic carbocycles. The van der Waals surface area contributed by atoms with E-state index >= 15 is 0 Å². The van der Waals surface area contributed by atoms with Gasteiger partial charge >= 0.3 is 0 Å². The third-order valence-corrected chi connectivity index (χ3v) is 4.94. The minimum atomic E-state index is 0.464. The number of hydrogen-bond donors (Lipinski definition) is 1. The molecule has 2 N–H and O–H groups in total. The second kappa shape index (κ2) is 3.58. The van der Waals surface area contributed by atoms with Crippen LogP contribution in [-0.4, -0.2) is 23.5 Å². The maximum atomic E-state index is 5.87. The molecule has 0 radical (unpaired) electrons. The lowest BCUT2D eigenvalue weighted by Crippen LogP contribution is -2.52. The summed E-state index contributed by atoms with van der Waals surface area (Å²) < 4.78 is 0. The van der Waals surface area contributed by atoms with E-state index in [9.17, 15) is 0 Å². The molecule has 1 aromatic heterocycles. The van der Waals surface area contributed by atoms with Gasteiger partial charge in [-0.3, -0.25) is 4.90 Å². The summed E-state index contributed by atoms with van der Waals surface area (Å²) in [5.41, 5.74) is 7.43. The van der Waals surface area contributed by atoms with Gasteiger partial charge < -0.3 is 5.73 Å². The summed E-state index contributed by atoms with van der Waals surface area (Å²) in [5.74, 6) is 0. The molecule has 2 aliphatic rings. The van der Waals surface area contributed by atoms with Crippen LogP contribution in [0.5, 0.6) is 0 Å². The number of thiophene rings is 1. The van der Waals surface area contributed by atoms with Crippen LogP contribution in [0.4, 0.5) is 0 Å². The van der Waals surface area contributed by atoms with E-state index in [-0.39, 0.29) is 0 Å². The Labute approximate surface area is 95.1 Å². The predicted molar refractivity (Wildman–Crippen MR) is 64.1 cm³/mol. The molecule has 3 rings (SSSR count). The Morgan fingerprint density at radius 3 is 3.00 bits per heavy atom. The van der Waals surface area contributed by atoms with Gasteiger partial charge in [-0.2, -0.15) is 0 Å². The average molecular weight is 222 g/mol. The first-order chi connectivity index (χ1) is 7.25. The molecule has 1 aromatic rings. The first-order valence-electron chi connectivity index (χ1n) is 5.83. The summed E-state index contributed by atoms with van der Waals surface area (Å²) in [6.07, 6.45) is 3.64. The molecule has 1 aliphatic heterocycles. The van der Waals surface area contributed by atoms with Crippen molar-refractivity contribution in [1.82, 2.24) is 4.90 Å². The molecule has 1 atom stereocenters. The zero-order valence-corrected chi connectivity index (χ0v) is 9.96. The van der Waals surface area contributed by atoms with Crippen LogP contribution in [0.15, 0.2) is 11.4 Å². The van der Waals surface area contributed by atoms with Gasteiger partial charge in [0.2, 0.25) is 0 Å². The van der Waals surface area contributed by atoms with Crippen molar-refractivity contribution < 1.29 is 0 Å². The minimum absolute atomic E-state index is 0.464. The third-order valence-electron chi connectivity index (χ3n) is 3.94. The molecular formula is C12H18N2S. The van der Waals surface area contributed by atoms with Crippen molar-refractivity contribution in [3.8, 4) is 0 Å². The van der Waals surface area contributed by atoms with Crippen LogP contribution in [0, 0.1) is 0 Å². The highest BCUT2D eigenvalue weighted by Gasteiger charge is 2.36. The highest BCUT2D eigenvalue weighted by molar-refractivity contribution is 7.10. The van der Waals surface area contributed by atoms with Crippen molar-refractivity contribution in [2.24, 2.45) is 5.73 Å². The lowest BCUT2D eigenvalue weighted by molar-refractivity contribution is 0.0678. The van der Waals surface area contributed by atoms with E-state index in [0.29, 0.717) is 12.1 Å². The van der Waals surface area contributed by atoms with Gasteiger partial charge in [0, 0.05) is 29.5 Å². The number of nitrogens with two attached hydrogens (primary N) is 1. The number of fused-ring (bicyclic) bond motifs is 1. The Kier molecular flexibility index (Phi) is 2.34. The fraction of sp³-hybridized carbons (Fsp3) is 0.667. The molecule has 1 unspecified atom stereocenters. The molecule has 0 bridgehead atoms. The highest BCUT2D eigenvalue weighted by atomic mass is 32.1. The number of hydrogen-bond acceptors (Lipinski definition) is 3. The summed E-state index contributed by atoms with van der Waals surface area (Å²) in [4.78, 5) is 4.25. The van der Waals surface area contributed by atoms with E-state index in [1.54, 1.807) is 10.4 Å². The second-order valence-electron chi connectivity index (χ2n) is 4.85. The molecular weight excluding hydrogens is 204 g/mol. The van der Waals surface area contributed by atoms with Crippen LogP contribution >= 0.6 is 11.3 Å². The van der Waals surface area contributed by atoms with Gasteiger partial charge in [-0.1, -0.05) is 0 Å². The molecule has 1 fully saturated rings. The molecule has 0 saturated heterocycles.